The maximum absolute atomic E-state index is 13.1. The van der Waals surface area contributed by atoms with E-state index >= 15 is 0 Å². The Morgan fingerprint density at radius 1 is 1.14 bits per heavy atom. The van der Waals surface area contributed by atoms with Crippen LogP contribution in [0, 0.1) is 11.8 Å². The molecule has 57 heavy (non-hydrogen) atoms. The zero-order valence-corrected chi connectivity index (χ0v) is 34.3. The van der Waals surface area contributed by atoms with Crippen molar-refractivity contribution >= 4 is 23.3 Å². The van der Waals surface area contributed by atoms with Gasteiger partial charge in [-0.2, -0.15) is 0 Å². The van der Waals surface area contributed by atoms with Gasteiger partial charge in [-0.1, -0.05) is 37.6 Å². The summed E-state index contributed by atoms with van der Waals surface area (Å²) in [7, 11) is 3.82. The number of halogens is 1. The summed E-state index contributed by atoms with van der Waals surface area (Å²) >= 11 is 6.32. The van der Waals surface area contributed by atoms with Crippen LogP contribution < -0.4 is 25.1 Å². The molecule has 4 atom stereocenters. The molecule has 10 nitrogen and oxygen atoms in total. The number of rotatable bonds is 12. The average molecular weight is 795 g/mol. The van der Waals surface area contributed by atoms with Gasteiger partial charge in [-0.05, 0) is 141 Å². The van der Waals surface area contributed by atoms with Crippen LogP contribution in [-0.2, 0) is 36.6 Å². The lowest BCUT2D eigenvalue weighted by atomic mass is 9.59. The first-order valence-electron chi connectivity index (χ1n) is 20.6. The molecular formula is C46H55ClN4O6. The largest absolute Gasteiger partial charge is 0.493 e. The molecule has 1 saturated carbocycles. The molecule has 0 unspecified atom stereocenters. The van der Waals surface area contributed by atoms with E-state index < -0.39 is 11.5 Å². The molecule has 1 spiro atoms. The highest BCUT2D eigenvalue weighted by Crippen LogP contribution is 2.58. The van der Waals surface area contributed by atoms with E-state index in [4.69, 9.17) is 25.8 Å². The highest BCUT2D eigenvalue weighted by atomic mass is 35.5. The molecule has 0 bridgehead atoms. The van der Waals surface area contributed by atoms with Crippen molar-refractivity contribution in [3.05, 3.63) is 110 Å². The molecule has 2 N–H and O–H groups in total. The number of benzene rings is 2. The van der Waals surface area contributed by atoms with Crippen LogP contribution in [0.3, 0.4) is 0 Å². The molecule has 4 aliphatic rings. The normalized spacial score (nSPS) is 25.5. The molecule has 8 rings (SSSR count). The Balaban J connectivity index is 1.03. The van der Waals surface area contributed by atoms with Gasteiger partial charge in [0.2, 0.25) is 5.56 Å². The van der Waals surface area contributed by atoms with E-state index in [9.17, 15) is 14.7 Å². The fourth-order valence-electron chi connectivity index (χ4n) is 10.3. The molecule has 11 heteroatoms. The lowest BCUT2D eigenvalue weighted by Crippen LogP contribution is -2.53. The van der Waals surface area contributed by atoms with Gasteiger partial charge in [0.1, 0.15) is 24.0 Å². The van der Waals surface area contributed by atoms with E-state index in [1.54, 1.807) is 29.8 Å². The molecule has 302 valence electrons. The molecular weight excluding hydrogens is 740 g/mol. The summed E-state index contributed by atoms with van der Waals surface area (Å²) in [5, 5.41) is 14.7. The molecule has 3 heterocycles. The van der Waals surface area contributed by atoms with Gasteiger partial charge in [-0.25, -0.2) is 4.79 Å². The summed E-state index contributed by atoms with van der Waals surface area (Å²) in [6.45, 7) is 6.95. The second kappa shape index (κ2) is 16.0. The second-order valence-electron chi connectivity index (χ2n) is 17.4. The van der Waals surface area contributed by atoms with Gasteiger partial charge in [0.05, 0.1) is 6.61 Å². The molecule has 3 aliphatic carbocycles. The predicted molar refractivity (Wildman–Crippen MR) is 222 cm³/mol. The minimum Gasteiger partial charge on any atom is -0.493 e. The van der Waals surface area contributed by atoms with Crippen LogP contribution in [0.1, 0.15) is 92.7 Å². The summed E-state index contributed by atoms with van der Waals surface area (Å²) in [5.41, 5.74) is 5.38. The number of hydrogen-bond donors (Lipinski definition) is 2. The van der Waals surface area contributed by atoms with E-state index in [0.29, 0.717) is 56.0 Å². The van der Waals surface area contributed by atoms with Gasteiger partial charge in [-0.15, -0.1) is 0 Å². The summed E-state index contributed by atoms with van der Waals surface area (Å²) in [5.74, 6) is 2.66. The molecule has 4 aromatic rings. The zero-order chi connectivity index (χ0) is 39.9. The number of carboxylic acids is 1. The lowest BCUT2D eigenvalue weighted by Gasteiger charge is -2.47. The Morgan fingerprint density at radius 2 is 1.96 bits per heavy atom. The number of pyridine rings is 2. The van der Waals surface area contributed by atoms with Crippen molar-refractivity contribution in [2.24, 2.45) is 18.9 Å². The van der Waals surface area contributed by atoms with Crippen molar-refractivity contribution in [1.29, 1.82) is 0 Å². The summed E-state index contributed by atoms with van der Waals surface area (Å²) in [6.07, 6.45) is 11.1. The van der Waals surface area contributed by atoms with Crippen molar-refractivity contribution in [3.63, 3.8) is 0 Å². The smallest absolute Gasteiger partial charge is 0.329 e. The first kappa shape index (κ1) is 39.3. The minimum atomic E-state index is -1.11. The molecule has 0 amide bonds. The zero-order valence-electron chi connectivity index (χ0n) is 33.6. The summed E-state index contributed by atoms with van der Waals surface area (Å²) < 4.78 is 21.3. The number of nitrogens with one attached hydrogen (secondary N) is 1. The van der Waals surface area contributed by atoms with Crippen LogP contribution in [0.2, 0.25) is 5.02 Å². The van der Waals surface area contributed by atoms with Gasteiger partial charge >= 0.3 is 5.97 Å². The van der Waals surface area contributed by atoms with Crippen molar-refractivity contribution in [2.45, 2.75) is 101 Å². The van der Waals surface area contributed by atoms with Crippen LogP contribution in [-0.4, -0.2) is 64.0 Å². The third-order valence-electron chi connectivity index (χ3n) is 13.2. The van der Waals surface area contributed by atoms with Crippen molar-refractivity contribution in [3.8, 4) is 17.2 Å². The fourth-order valence-corrected chi connectivity index (χ4v) is 10.5. The summed E-state index contributed by atoms with van der Waals surface area (Å²) in [4.78, 5) is 31.9. The number of nitrogens with zero attached hydrogens (tertiary/aromatic N) is 3. The van der Waals surface area contributed by atoms with E-state index in [-0.39, 0.29) is 23.0 Å². The third-order valence-corrected chi connectivity index (χ3v) is 13.4. The molecule has 0 radical (unpaired) electrons. The standard InChI is InChI=1S/C46H55ClN4O6/c1-29(27-55-39-13-18-48-38-10-5-7-30(2)43(38)39)19-33-20-32-21-40-41(57-36(28-56-40)26-50(3)24-31-11-12-42(52)51(4)25-31)23-37(32)45(33)14-16-46(17-15-45,44(53)54)49-35-9-6-8-34(47)22-35/h6,8-9,11-13,18,21-23,25,29-30,33,36,49H,5,7,10,14-17,19-20,24,26-28H2,1-4H3,(H,53,54)/t29-,30-,33+,36+,45?,46?/m1/s1. The van der Waals surface area contributed by atoms with E-state index in [1.807, 2.05) is 36.7 Å². The predicted octanol–water partition coefficient (Wildman–Crippen LogP) is 8.17. The maximum atomic E-state index is 13.1. The van der Waals surface area contributed by atoms with Gasteiger partial charge < -0.3 is 29.2 Å². The van der Waals surface area contributed by atoms with Gasteiger partial charge in [0.25, 0.3) is 0 Å². The second-order valence-corrected chi connectivity index (χ2v) is 17.8. The monoisotopic (exact) mass is 794 g/mol. The molecule has 0 saturated heterocycles. The topological polar surface area (TPSA) is 115 Å². The van der Waals surface area contributed by atoms with E-state index in [0.717, 1.165) is 67.0 Å². The number of fused-ring (bicyclic) bond motifs is 4. The Labute approximate surface area is 340 Å². The first-order valence-corrected chi connectivity index (χ1v) is 21.0. The Bertz CT molecular complexity index is 2180. The summed E-state index contributed by atoms with van der Waals surface area (Å²) in [6, 6.07) is 17.2. The van der Waals surface area contributed by atoms with Crippen LogP contribution in [0.25, 0.3) is 0 Å². The lowest BCUT2D eigenvalue weighted by molar-refractivity contribution is -0.144. The van der Waals surface area contributed by atoms with Crippen LogP contribution in [0.15, 0.2) is 71.8 Å². The van der Waals surface area contributed by atoms with Crippen LogP contribution in [0.4, 0.5) is 5.69 Å². The maximum Gasteiger partial charge on any atom is 0.329 e. The van der Waals surface area contributed by atoms with Crippen LogP contribution >= 0.6 is 11.6 Å². The number of aliphatic carboxylic acids is 1. The number of carboxylic acid groups (broad SMARTS) is 1. The van der Waals surface area contributed by atoms with Gasteiger partial charge in [0, 0.05) is 60.6 Å². The Kier molecular flexibility index (Phi) is 11.0. The van der Waals surface area contributed by atoms with Gasteiger partial charge in [0.15, 0.2) is 11.5 Å². The Morgan fingerprint density at radius 3 is 2.74 bits per heavy atom. The average Bonchev–Trinajstić information content (AvgIpc) is 3.45. The van der Waals surface area contributed by atoms with E-state index in [2.05, 4.69) is 48.2 Å². The Hall–Kier alpha value is -4.54. The quantitative estimate of drug-likeness (QED) is 0.147. The van der Waals surface area contributed by atoms with Crippen molar-refractivity contribution in [2.75, 3.05) is 32.1 Å². The number of hydrogen-bond acceptors (Lipinski definition) is 8. The molecule has 2 aromatic heterocycles. The van der Waals surface area contributed by atoms with Gasteiger partial charge in [-0.3, -0.25) is 14.7 Å². The molecule has 1 aliphatic heterocycles. The first-order chi connectivity index (χ1) is 27.4. The highest BCUT2D eigenvalue weighted by molar-refractivity contribution is 6.30. The van der Waals surface area contributed by atoms with Crippen LogP contribution in [0.5, 0.6) is 17.2 Å². The molecule has 1 fully saturated rings. The number of aryl methyl sites for hydroxylation is 2. The SMILES string of the molecule is C[C@@H](COc1ccnc2c1[C@H](C)CCC2)C[C@H]1Cc2cc3c(cc2C12CCC(Nc1cccc(Cl)c1)(C(=O)O)CC2)O[C@@H](CN(C)Cc1ccc(=O)n(C)c1)CO3. The fraction of sp³-hybridized carbons (Fsp3) is 0.500. The highest BCUT2D eigenvalue weighted by Gasteiger charge is 2.54. The van der Waals surface area contributed by atoms with Crippen molar-refractivity contribution in [1.82, 2.24) is 14.5 Å². The number of aromatic nitrogens is 2. The number of carbonyl (C=O) groups is 1. The minimum absolute atomic E-state index is 0.0285. The number of likely N-dealkylation sites (N-methyl/N-ethyl adjacent to an activating group) is 1. The third kappa shape index (κ3) is 8.00. The molecule has 2 aromatic carbocycles. The number of anilines is 1. The number of ether oxygens (including phenoxy) is 3. The van der Waals surface area contributed by atoms with E-state index in [1.165, 1.54) is 28.8 Å². The van der Waals surface area contributed by atoms with Crippen molar-refractivity contribution < 1.29 is 24.1 Å².